The lowest BCUT2D eigenvalue weighted by atomic mass is 9.84. The fourth-order valence-electron chi connectivity index (χ4n) is 5.33. The summed E-state index contributed by atoms with van der Waals surface area (Å²) in [6, 6.07) is 15.2. The second kappa shape index (κ2) is 16.1. The van der Waals surface area contributed by atoms with Gasteiger partial charge in [0.2, 0.25) is 17.7 Å². The van der Waals surface area contributed by atoms with E-state index in [1.165, 1.54) is 0 Å². The molecule has 42 heavy (non-hydrogen) atoms. The Hall–Kier alpha value is -3.72. The van der Waals surface area contributed by atoms with Crippen LogP contribution in [0.15, 0.2) is 60.7 Å². The highest BCUT2D eigenvalue weighted by Gasteiger charge is 2.38. The van der Waals surface area contributed by atoms with Gasteiger partial charge in [-0.05, 0) is 35.8 Å². The molecule has 2 aromatic carbocycles. The third kappa shape index (κ3) is 9.14. The quantitative estimate of drug-likeness (QED) is 0.319. The second-order valence-electron chi connectivity index (χ2n) is 11.6. The lowest BCUT2D eigenvalue weighted by Gasteiger charge is -2.30. The number of nitrogens with one attached hydrogen (secondary N) is 3. The van der Waals surface area contributed by atoms with Gasteiger partial charge < -0.3 is 25.8 Å². The second-order valence-corrected chi connectivity index (χ2v) is 11.6. The van der Waals surface area contributed by atoms with Crippen LogP contribution in [0.4, 0.5) is 0 Å². The molecule has 0 saturated carbocycles. The van der Waals surface area contributed by atoms with E-state index in [2.05, 4.69) is 22.9 Å². The van der Waals surface area contributed by atoms with E-state index in [-0.39, 0.29) is 18.3 Å². The van der Waals surface area contributed by atoms with Gasteiger partial charge in [0.15, 0.2) is 0 Å². The van der Waals surface area contributed by atoms with Crippen LogP contribution in [-0.4, -0.2) is 59.6 Å². The van der Waals surface area contributed by atoms with Crippen molar-refractivity contribution in [2.24, 2.45) is 11.8 Å². The van der Waals surface area contributed by atoms with Gasteiger partial charge in [0.1, 0.15) is 24.2 Å². The van der Waals surface area contributed by atoms with Crippen molar-refractivity contribution in [3.63, 3.8) is 0 Å². The van der Waals surface area contributed by atoms with E-state index in [0.717, 1.165) is 30.4 Å². The van der Waals surface area contributed by atoms with Crippen molar-refractivity contribution < 1.29 is 29.0 Å². The molecule has 3 rings (SSSR count). The number of aliphatic hydroxyl groups excluding tert-OH is 1. The largest absolute Gasteiger partial charge is 0.460 e. The number of benzene rings is 2. The normalized spacial score (nSPS) is 23.1. The Kier molecular flexibility index (Phi) is 12.5. The fourth-order valence-corrected chi connectivity index (χ4v) is 5.33. The summed E-state index contributed by atoms with van der Waals surface area (Å²) in [4.78, 5) is 54.3. The molecule has 1 heterocycles. The predicted octanol–water partition coefficient (Wildman–Crippen LogP) is 3.45. The van der Waals surface area contributed by atoms with Crippen LogP contribution in [0, 0.1) is 11.8 Å². The third-order valence-corrected chi connectivity index (χ3v) is 7.68. The number of hydrogen-bond donors (Lipinski definition) is 4. The highest BCUT2D eigenvalue weighted by molar-refractivity contribution is 5.95. The molecule has 5 atom stereocenters. The Morgan fingerprint density at radius 2 is 1.40 bits per heavy atom. The Morgan fingerprint density at radius 3 is 1.93 bits per heavy atom. The molecule has 9 nitrogen and oxygen atoms in total. The van der Waals surface area contributed by atoms with Gasteiger partial charge in [-0.15, -0.1) is 0 Å². The number of hydrogen-bond acceptors (Lipinski definition) is 6. The van der Waals surface area contributed by atoms with Gasteiger partial charge in [0.05, 0.1) is 13.0 Å². The smallest absolute Gasteiger partial charge is 0.328 e. The zero-order chi connectivity index (χ0) is 30.6. The summed E-state index contributed by atoms with van der Waals surface area (Å²) >= 11 is 0. The summed E-state index contributed by atoms with van der Waals surface area (Å²) < 4.78 is 5.93. The predicted molar refractivity (Wildman–Crippen MR) is 160 cm³/mol. The van der Waals surface area contributed by atoms with Crippen LogP contribution in [0.5, 0.6) is 0 Å². The van der Waals surface area contributed by atoms with Crippen LogP contribution in [0.3, 0.4) is 0 Å². The Bertz CT molecular complexity index is 1130. The van der Waals surface area contributed by atoms with Crippen molar-refractivity contribution in [2.45, 2.75) is 89.9 Å². The monoisotopic (exact) mass is 579 g/mol. The van der Waals surface area contributed by atoms with Gasteiger partial charge in [-0.2, -0.15) is 0 Å². The maximum Gasteiger partial charge on any atom is 0.328 e. The molecule has 0 aromatic heterocycles. The number of carbonyl (C=O) groups is 4. The first-order valence-electron chi connectivity index (χ1n) is 15.0. The summed E-state index contributed by atoms with van der Waals surface area (Å²) in [7, 11) is 0. The average molecular weight is 580 g/mol. The van der Waals surface area contributed by atoms with Crippen molar-refractivity contribution >= 4 is 23.7 Å². The number of unbranched alkanes of at least 4 members (excludes halogenated alkanes) is 1. The molecule has 3 amide bonds. The Morgan fingerprint density at radius 1 is 0.833 bits per heavy atom. The number of aliphatic hydroxyl groups is 1. The maximum absolute atomic E-state index is 13.9. The lowest BCUT2D eigenvalue weighted by Crippen LogP contribution is -2.58. The molecule has 1 aliphatic rings. The number of ether oxygens (including phenoxy) is 1. The first-order chi connectivity index (χ1) is 20.1. The van der Waals surface area contributed by atoms with Crippen LogP contribution < -0.4 is 16.0 Å². The van der Waals surface area contributed by atoms with E-state index in [1.807, 2.05) is 81.4 Å². The Balaban J connectivity index is 2.08. The minimum absolute atomic E-state index is 0.0434. The van der Waals surface area contributed by atoms with Gasteiger partial charge >= 0.3 is 5.97 Å². The summed E-state index contributed by atoms with van der Waals surface area (Å²) in [6.07, 6.45) is 2.00. The van der Waals surface area contributed by atoms with Crippen molar-refractivity contribution in [2.75, 3.05) is 6.61 Å². The van der Waals surface area contributed by atoms with E-state index in [1.54, 1.807) is 0 Å². The van der Waals surface area contributed by atoms with Gasteiger partial charge in [-0.25, -0.2) is 4.79 Å². The van der Waals surface area contributed by atoms with Crippen LogP contribution in [-0.2, 0) is 23.9 Å². The lowest BCUT2D eigenvalue weighted by molar-refractivity contribution is -0.157. The number of rotatable bonds is 10. The van der Waals surface area contributed by atoms with E-state index < -0.39 is 60.4 Å². The van der Waals surface area contributed by atoms with E-state index in [0.29, 0.717) is 6.42 Å². The number of cyclic esters (lactones) is 1. The highest BCUT2D eigenvalue weighted by Crippen LogP contribution is 2.29. The standard InChI is InChI=1S/C33H45N3O6/c1-5-6-13-22(4)27-19-28(38)36-30(29(23-14-9-7-10-15-23)24-16-11-8-12-17-24)32(40)35-26(20-37)31(39)34-25(18-21(2)3)33(41)42-27/h7-12,14-17,21-22,25-27,29-30,37H,5-6,13,18-20H2,1-4H3,(H,34,39)(H,35,40)(H,36,38)/t22-,25+,26-,27-,30-/m0/s1. The molecule has 0 spiro atoms. The molecule has 0 unspecified atom stereocenters. The highest BCUT2D eigenvalue weighted by atomic mass is 16.5. The molecule has 9 heteroatoms. The van der Waals surface area contributed by atoms with E-state index in [4.69, 9.17) is 4.74 Å². The molecular formula is C33H45N3O6. The molecule has 1 fully saturated rings. The summed E-state index contributed by atoms with van der Waals surface area (Å²) in [5.74, 6) is -3.10. The molecule has 2 aromatic rings. The summed E-state index contributed by atoms with van der Waals surface area (Å²) in [6.45, 7) is 7.15. The molecule has 1 saturated heterocycles. The first-order valence-corrected chi connectivity index (χ1v) is 15.0. The number of esters is 1. The molecule has 228 valence electrons. The third-order valence-electron chi connectivity index (χ3n) is 7.68. The minimum atomic E-state index is -1.34. The van der Waals surface area contributed by atoms with Gasteiger partial charge in [0.25, 0.3) is 0 Å². The van der Waals surface area contributed by atoms with Crippen molar-refractivity contribution in [1.82, 2.24) is 16.0 Å². The number of amides is 3. The van der Waals surface area contributed by atoms with Gasteiger partial charge in [0, 0.05) is 5.92 Å². The fraction of sp³-hybridized carbons (Fsp3) is 0.515. The summed E-state index contributed by atoms with van der Waals surface area (Å²) in [5, 5.41) is 18.3. The molecule has 4 N–H and O–H groups in total. The SMILES string of the molecule is CCCC[C@H](C)[C@@H]1CC(=O)N[C@@H](C(c2ccccc2)c2ccccc2)C(=O)N[C@@H](CO)C(=O)N[C@H](CC(C)C)C(=O)O1. The summed E-state index contributed by atoms with van der Waals surface area (Å²) in [5.41, 5.74) is 1.57. The van der Waals surface area contributed by atoms with Crippen LogP contribution in [0.25, 0.3) is 0 Å². The Labute approximate surface area is 248 Å². The minimum Gasteiger partial charge on any atom is -0.460 e. The number of carbonyl (C=O) groups excluding carboxylic acids is 4. The van der Waals surface area contributed by atoms with Gasteiger partial charge in [-0.1, -0.05) is 101 Å². The molecular weight excluding hydrogens is 534 g/mol. The van der Waals surface area contributed by atoms with Crippen LogP contribution in [0.2, 0.25) is 0 Å². The maximum atomic E-state index is 13.9. The molecule has 0 bridgehead atoms. The first kappa shape index (κ1) is 32.8. The molecule has 1 aliphatic heterocycles. The topological polar surface area (TPSA) is 134 Å². The van der Waals surface area contributed by atoms with Crippen LogP contribution >= 0.6 is 0 Å². The van der Waals surface area contributed by atoms with Crippen LogP contribution in [0.1, 0.15) is 76.8 Å². The van der Waals surface area contributed by atoms with Crippen molar-refractivity contribution in [1.29, 1.82) is 0 Å². The van der Waals surface area contributed by atoms with E-state index in [9.17, 15) is 24.3 Å². The molecule has 0 aliphatic carbocycles. The molecule has 0 radical (unpaired) electrons. The van der Waals surface area contributed by atoms with Crippen molar-refractivity contribution in [3.8, 4) is 0 Å². The van der Waals surface area contributed by atoms with Gasteiger partial charge in [-0.3, -0.25) is 14.4 Å². The zero-order valence-corrected chi connectivity index (χ0v) is 25.0. The van der Waals surface area contributed by atoms with E-state index >= 15 is 0 Å². The average Bonchev–Trinajstić information content (AvgIpc) is 2.98. The van der Waals surface area contributed by atoms with Crippen molar-refractivity contribution in [3.05, 3.63) is 71.8 Å². The zero-order valence-electron chi connectivity index (χ0n) is 25.0.